The van der Waals surface area contributed by atoms with Crippen molar-refractivity contribution in [3.05, 3.63) is 53.9 Å². The van der Waals surface area contributed by atoms with Crippen LogP contribution in [0.2, 0.25) is 0 Å². The summed E-state index contributed by atoms with van der Waals surface area (Å²) in [5.74, 6) is 0.541. The van der Waals surface area contributed by atoms with Crippen LogP contribution in [0.5, 0.6) is 11.5 Å². The highest BCUT2D eigenvalue weighted by Crippen LogP contribution is 2.27. The molecule has 1 heterocycles. The van der Waals surface area contributed by atoms with Crippen molar-refractivity contribution in [3.8, 4) is 11.5 Å². The molecule has 0 atom stereocenters. The highest BCUT2D eigenvalue weighted by Gasteiger charge is 2.06. The maximum absolute atomic E-state index is 10.0. The van der Waals surface area contributed by atoms with Crippen LogP contribution in [0.1, 0.15) is 17.7 Å². The Morgan fingerprint density at radius 1 is 1.20 bits per heavy atom. The maximum Gasteiger partial charge on any atom is 0.166 e. The number of aromatic nitrogens is 1. The molecule has 25 heavy (non-hydrogen) atoms. The Kier molecular flexibility index (Phi) is 7.88. The summed E-state index contributed by atoms with van der Waals surface area (Å²) in [5.41, 5.74) is 1.63. The molecule has 0 radical (unpaired) electrons. The predicted octanol–water partition coefficient (Wildman–Crippen LogP) is 2.10. The third kappa shape index (κ3) is 6.17. The molecule has 2 N–H and O–H groups in total. The highest BCUT2D eigenvalue weighted by atomic mass is 16.5. The Balaban J connectivity index is 1.82. The van der Waals surface area contributed by atoms with Gasteiger partial charge in [-0.05, 0) is 30.7 Å². The number of aromatic hydroxyl groups is 1. The van der Waals surface area contributed by atoms with E-state index in [1.54, 1.807) is 24.5 Å². The number of ether oxygens (including phenoxy) is 1. The van der Waals surface area contributed by atoms with Gasteiger partial charge in [-0.1, -0.05) is 12.1 Å². The average molecular weight is 343 g/mol. The minimum Gasteiger partial charge on any atom is -0.504 e. The summed E-state index contributed by atoms with van der Waals surface area (Å²) in [5, 5.41) is 19.2. The molecule has 6 heteroatoms. The lowest BCUT2D eigenvalue weighted by Crippen LogP contribution is -2.28. The van der Waals surface area contributed by atoms with E-state index in [-0.39, 0.29) is 12.4 Å². The number of phenolic OH excluding ortho intramolecular Hbond substituents is 1. The van der Waals surface area contributed by atoms with E-state index in [1.807, 2.05) is 24.3 Å². The zero-order valence-corrected chi connectivity index (χ0v) is 14.5. The molecule has 1 aromatic carbocycles. The van der Waals surface area contributed by atoms with E-state index < -0.39 is 0 Å². The van der Waals surface area contributed by atoms with Crippen molar-refractivity contribution in [2.24, 2.45) is 4.99 Å². The Labute approximate surface area is 148 Å². The number of hydrogen-bond acceptors (Lipinski definition) is 6. The predicted molar refractivity (Wildman–Crippen MR) is 98.3 cm³/mol. The molecule has 0 saturated carbocycles. The molecule has 2 aromatic rings. The van der Waals surface area contributed by atoms with Gasteiger partial charge in [0.1, 0.15) is 0 Å². The summed E-state index contributed by atoms with van der Waals surface area (Å²) in [7, 11) is 1.52. The molecule has 0 aliphatic rings. The molecule has 6 nitrogen and oxygen atoms in total. The van der Waals surface area contributed by atoms with Crippen molar-refractivity contribution in [2.75, 3.05) is 33.4 Å². The Hall–Kier alpha value is -2.44. The van der Waals surface area contributed by atoms with E-state index in [1.165, 1.54) is 7.11 Å². The van der Waals surface area contributed by atoms with E-state index in [0.29, 0.717) is 30.9 Å². The molecule has 134 valence electrons. The van der Waals surface area contributed by atoms with Crippen LogP contribution in [-0.4, -0.2) is 59.7 Å². The first-order valence-electron chi connectivity index (χ1n) is 8.33. The number of aliphatic imine (C=N–C) groups is 1. The number of pyridine rings is 1. The first kappa shape index (κ1) is 18.9. The summed E-state index contributed by atoms with van der Waals surface area (Å²) in [6.07, 6.45) is 4.29. The second-order valence-electron chi connectivity index (χ2n) is 5.61. The molecule has 0 unspecified atom stereocenters. The number of phenols is 1. The van der Waals surface area contributed by atoms with Crippen molar-refractivity contribution in [1.29, 1.82) is 0 Å². The van der Waals surface area contributed by atoms with Gasteiger partial charge in [-0.3, -0.25) is 14.9 Å². The quantitative estimate of drug-likeness (QED) is 0.510. The van der Waals surface area contributed by atoms with Crippen molar-refractivity contribution >= 4 is 6.21 Å². The smallest absolute Gasteiger partial charge is 0.166 e. The third-order valence-corrected chi connectivity index (χ3v) is 3.77. The number of rotatable bonds is 10. The lowest BCUT2D eigenvalue weighted by molar-refractivity contribution is 0.188. The van der Waals surface area contributed by atoms with Gasteiger partial charge in [0.25, 0.3) is 0 Å². The van der Waals surface area contributed by atoms with E-state index in [4.69, 9.17) is 4.74 Å². The number of benzene rings is 1. The van der Waals surface area contributed by atoms with Gasteiger partial charge in [-0.2, -0.15) is 0 Å². The van der Waals surface area contributed by atoms with Gasteiger partial charge < -0.3 is 14.9 Å². The fourth-order valence-electron chi connectivity index (χ4n) is 2.49. The van der Waals surface area contributed by atoms with Crippen LogP contribution < -0.4 is 4.74 Å². The first-order valence-corrected chi connectivity index (χ1v) is 8.33. The Morgan fingerprint density at radius 3 is 2.80 bits per heavy atom. The number of hydrogen-bond donors (Lipinski definition) is 2. The van der Waals surface area contributed by atoms with Crippen LogP contribution in [0.3, 0.4) is 0 Å². The zero-order valence-electron chi connectivity index (χ0n) is 14.5. The van der Waals surface area contributed by atoms with Gasteiger partial charge >= 0.3 is 0 Å². The van der Waals surface area contributed by atoms with E-state index >= 15 is 0 Å². The van der Waals surface area contributed by atoms with Crippen LogP contribution >= 0.6 is 0 Å². The normalized spacial score (nSPS) is 11.3. The van der Waals surface area contributed by atoms with Gasteiger partial charge in [0.2, 0.25) is 0 Å². The lowest BCUT2D eigenvalue weighted by Gasteiger charge is -2.20. The monoisotopic (exact) mass is 343 g/mol. The summed E-state index contributed by atoms with van der Waals surface area (Å²) < 4.78 is 5.08. The molecule has 2 rings (SSSR count). The van der Waals surface area contributed by atoms with Crippen molar-refractivity contribution in [3.63, 3.8) is 0 Å². The number of methoxy groups -OCH3 is 1. The van der Waals surface area contributed by atoms with Gasteiger partial charge in [0, 0.05) is 44.2 Å². The molecule has 1 aromatic heterocycles. The fourth-order valence-corrected chi connectivity index (χ4v) is 2.49. The standard InChI is InChI=1S/C19H25N3O3/c1-25-18-8-4-6-16(19(18)24)14-20-9-5-11-22(12-13-23)15-17-7-2-3-10-21-17/h2-4,6-8,10,14,23-24H,5,9,11-13,15H2,1H3. The highest BCUT2D eigenvalue weighted by molar-refractivity contribution is 5.84. The number of para-hydroxylation sites is 1. The molecule has 0 aliphatic carbocycles. The molecular formula is C19H25N3O3. The SMILES string of the molecule is COc1cccc(C=NCCCN(CCO)Cc2ccccn2)c1O. The van der Waals surface area contributed by atoms with Crippen molar-refractivity contribution < 1.29 is 14.9 Å². The Morgan fingerprint density at radius 2 is 2.08 bits per heavy atom. The summed E-state index contributed by atoms with van der Waals surface area (Å²) in [6, 6.07) is 11.1. The van der Waals surface area contributed by atoms with E-state index in [2.05, 4.69) is 14.9 Å². The van der Waals surface area contributed by atoms with Gasteiger partial charge in [-0.15, -0.1) is 0 Å². The summed E-state index contributed by atoms with van der Waals surface area (Å²) >= 11 is 0. The van der Waals surface area contributed by atoms with Gasteiger partial charge in [0.15, 0.2) is 11.5 Å². The second kappa shape index (κ2) is 10.4. The number of aliphatic hydroxyl groups is 1. The minimum absolute atomic E-state index is 0.103. The van der Waals surface area contributed by atoms with Crippen molar-refractivity contribution in [1.82, 2.24) is 9.88 Å². The summed E-state index contributed by atoms with van der Waals surface area (Å²) in [6.45, 7) is 2.89. The fraction of sp³-hybridized carbons (Fsp3) is 0.368. The summed E-state index contributed by atoms with van der Waals surface area (Å²) in [4.78, 5) is 10.8. The number of nitrogens with zero attached hydrogens (tertiary/aromatic N) is 3. The molecule has 0 aliphatic heterocycles. The van der Waals surface area contributed by atoms with Crippen LogP contribution in [0.15, 0.2) is 47.6 Å². The Bertz CT molecular complexity index is 662. The molecular weight excluding hydrogens is 318 g/mol. The number of aliphatic hydroxyl groups excluding tert-OH is 1. The minimum atomic E-state index is 0.103. The largest absolute Gasteiger partial charge is 0.504 e. The molecule has 0 spiro atoms. The van der Waals surface area contributed by atoms with Crippen molar-refractivity contribution in [2.45, 2.75) is 13.0 Å². The first-order chi connectivity index (χ1) is 12.2. The third-order valence-electron chi connectivity index (χ3n) is 3.77. The molecule has 0 fully saturated rings. The lowest BCUT2D eigenvalue weighted by atomic mass is 10.2. The molecule has 0 amide bonds. The molecule has 0 bridgehead atoms. The van der Waals surface area contributed by atoms with E-state index in [9.17, 15) is 10.2 Å². The second-order valence-corrected chi connectivity index (χ2v) is 5.61. The van der Waals surface area contributed by atoms with Crippen LogP contribution in [-0.2, 0) is 6.54 Å². The molecule has 0 saturated heterocycles. The van der Waals surface area contributed by atoms with Crippen LogP contribution in [0.4, 0.5) is 0 Å². The zero-order chi connectivity index (χ0) is 17.9. The maximum atomic E-state index is 10.0. The van der Waals surface area contributed by atoms with Crippen LogP contribution in [0.25, 0.3) is 0 Å². The average Bonchev–Trinajstić information content (AvgIpc) is 2.63. The van der Waals surface area contributed by atoms with E-state index in [0.717, 1.165) is 18.7 Å². The topological polar surface area (TPSA) is 78.2 Å². The van der Waals surface area contributed by atoms with Crippen LogP contribution in [0, 0.1) is 0 Å². The van der Waals surface area contributed by atoms with Gasteiger partial charge in [0.05, 0.1) is 19.4 Å². The van der Waals surface area contributed by atoms with Gasteiger partial charge in [-0.25, -0.2) is 0 Å².